The number of amides is 3. The van der Waals surface area contributed by atoms with Gasteiger partial charge in [-0.25, -0.2) is 0 Å². The lowest BCUT2D eigenvalue weighted by atomic mass is 9.96. The first-order chi connectivity index (χ1) is 14.8. The average molecular weight is 443 g/mol. The second-order valence-electron chi connectivity index (χ2n) is 7.87. The predicted octanol–water partition coefficient (Wildman–Crippen LogP) is 3.89. The Kier molecular flexibility index (Phi) is 7.17. The summed E-state index contributed by atoms with van der Waals surface area (Å²) in [6.45, 7) is 4.08. The molecule has 1 fully saturated rings. The summed E-state index contributed by atoms with van der Waals surface area (Å²) < 4.78 is 0. The maximum absolute atomic E-state index is 13.3. The van der Waals surface area contributed by atoms with Crippen LogP contribution in [0.5, 0.6) is 0 Å². The van der Waals surface area contributed by atoms with E-state index in [2.05, 4.69) is 24.5 Å². The standard InChI is InChI=1S/C23H27ClN4O3/c1-14-4-3-5-15(2)28(14)23(31)19-12-17(24)8-11-20(19)26-13-21(29)27-18-9-6-16(7-10-18)22(25)30/h6-12,14-15,26H,3-5,13H2,1-2H3,(H2,25,30)(H,27,29)/t14-,15+. The van der Waals surface area contributed by atoms with Crippen molar-refractivity contribution in [3.63, 3.8) is 0 Å². The van der Waals surface area contributed by atoms with Gasteiger partial charge in [0.15, 0.2) is 0 Å². The zero-order valence-electron chi connectivity index (χ0n) is 17.7. The number of piperidine rings is 1. The van der Waals surface area contributed by atoms with Crippen LogP contribution >= 0.6 is 11.6 Å². The van der Waals surface area contributed by atoms with Crippen LogP contribution in [-0.2, 0) is 4.79 Å². The fraction of sp³-hybridized carbons (Fsp3) is 0.348. The first kappa shape index (κ1) is 22.6. The van der Waals surface area contributed by atoms with E-state index in [0.717, 1.165) is 19.3 Å². The summed E-state index contributed by atoms with van der Waals surface area (Å²) in [5.41, 5.74) is 7.13. The van der Waals surface area contributed by atoms with Crippen LogP contribution in [0.4, 0.5) is 11.4 Å². The highest BCUT2D eigenvalue weighted by Gasteiger charge is 2.31. The Labute approximate surface area is 186 Å². The molecule has 2 atom stereocenters. The van der Waals surface area contributed by atoms with Crippen molar-refractivity contribution in [3.8, 4) is 0 Å². The fourth-order valence-electron chi connectivity index (χ4n) is 3.91. The van der Waals surface area contributed by atoms with Crippen LogP contribution < -0.4 is 16.4 Å². The molecule has 0 aromatic heterocycles. The van der Waals surface area contributed by atoms with E-state index in [1.165, 1.54) is 0 Å². The summed E-state index contributed by atoms with van der Waals surface area (Å²) in [4.78, 5) is 38.7. The lowest BCUT2D eigenvalue weighted by molar-refractivity contribution is -0.114. The van der Waals surface area contributed by atoms with Crippen molar-refractivity contribution in [1.82, 2.24) is 4.90 Å². The Morgan fingerprint density at radius 3 is 2.32 bits per heavy atom. The van der Waals surface area contributed by atoms with Gasteiger partial charge in [-0.1, -0.05) is 11.6 Å². The molecule has 1 heterocycles. The van der Waals surface area contributed by atoms with Gasteiger partial charge in [0.25, 0.3) is 5.91 Å². The highest BCUT2D eigenvalue weighted by atomic mass is 35.5. The van der Waals surface area contributed by atoms with Gasteiger partial charge in [-0.05, 0) is 75.6 Å². The van der Waals surface area contributed by atoms with Gasteiger partial charge in [0.1, 0.15) is 0 Å². The summed E-state index contributed by atoms with van der Waals surface area (Å²) in [5, 5.41) is 6.25. The molecule has 7 nitrogen and oxygen atoms in total. The van der Waals surface area contributed by atoms with Crippen molar-refractivity contribution in [2.45, 2.75) is 45.2 Å². The predicted molar refractivity (Wildman–Crippen MR) is 122 cm³/mol. The van der Waals surface area contributed by atoms with Crippen molar-refractivity contribution >= 4 is 40.7 Å². The van der Waals surface area contributed by atoms with Crippen LogP contribution in [0.15, 0.2) is 42.5 Å². The van der Waals surface area contributed by atoms with Crippen LogP contribution in [0, 0.1) is 0 Å². The minimum Gasteiger partial charge on any atom is -0.375 e. The number of carbonyl (C=O) groups excluding carboxylic acids is 3. The number of anilines is 2. The summed E-state index contributed by atoms with van der Waals surface area (Å²) in [5.74, 6) is -0.913. The van der Waals surface area contributed by atoms with Gasteiger partial charge in [0.2, 0.25) is 11.8 Å². The molecule has 1 aliphatic heterocycles. The zero-order valence-corrected chi connectivity index (χ0v) is 18.4. The minimum absolute atomic E-state index is 0.0371. The van der Waals surface area contributed by atoms with Crippen LogP contribution in [0.1, 0.15) is 53.8 Å². The van der Waals surface area contributed by atoms with Crippen molar-refractivity contribution in [2.75, 3.05) is 17.2 Å². The first-order valence-corrected chi connectivity index (χ1v) is 10.7. The molecule has 31 heavy (non-hydrogen) atoms. The highest BCUT2D eigenvalue weighted by molar-refractivity contribution is 6.31. The molecule has 0 saturated carbocycles. The third-order valence-electron chi connectivity index (χ3n) is 5.53. The second-order valence-corrected chi connectivity index (χ2v) is 8.31. The third-order valence-corrected chi connectivity index (χ3v) is 5.77. The molecule has 0 spiro atoms. The molecular weight excluding hydrogens is 416 g/mol. The van der Waals surface area contributed by atoms with E-state index in [4.69, 9.17) is 17.3 Å². The summed E-state index contributed by atoms with van der Waals surface area (Å²) in [6, 6.07) is 11.6. The number of halogens is 1. The van der Waals surface area contributed by atoms with E-state index in [0.29, 0.717) is 27.5 Å². The van der Waals surface area contributed by atoms with Crippen molar-refractivity contribution in [3.05, 3.63) is 58.6 Å². The quantitative estimate of drug-likeness (QED) is 0.631. The zero-order chi connectivity index (χ0) is 22.5. The van der Waals surface area contributed by atoms with Gasteiger partial charge in [-0.15, -0.1) is 0 Å². The molecule has 0 radical (unpaired) electrons. The van der Waals surface area contributed by atoms with E-state index in [-0.39, 0.29) is 30.4 Å². The lowest BCUT2D eigenvalue weighted by Crippen LogP contribution is -2.47. The fourth-order valence-corrected chi connectivity index (χ4v) is 4.08. The number of nitrogens with two attached hydrogens (primary N) is 1. The molecular formula is C23H27ClN4O3. The Balaban J connectivity index is 1.69. The Morgan fingerprint density at radius 1 is 1.06 bits per heavy atom. The van der Waals surface area contributed by atoms with E-state index in [9.17, 15) is 14.4 Å². The van der Waals surface area contributed by atoms with E-state index >= 15 is 0 Å². The minimum atomic E-state index is -0.531. The summed E-state index contributed by atoms with van der Waals surface area (Å²) >= 11 is 6.17. The van der Waals surface area contributed by atoms with Crippen LogP contribution in [-0.4, -0.2) is 41.2 Å². The number of primary amides is 1. The Hall–Kier alpha value is -3.06. The number of benzene rings is 2. The summed E-state index contributed by atoms with van der Waals surface area (Å²) in [6.07, 6.45) is 3.04. The summed E-state index contributed by atoms with van der Waals surface area (Å²) in [7, 11) is 0. The van der Waals surface area contributed by atoms with Gasteiger partial charge in [-0.3, -0.25) is 14.4 Å². The second kappa shape index (κ2) is 9.83. The van der Waals surface area contributed by atoms with Gasteiger partial charge in [-0.2, -0.15) is 0 Å². The molecule has 8 heteroatoms. The van der Waals surface area contributed by atoms with Crippen molar-refractivity contribution in [2.24, 2.45) is 5.73 Å². The van der Waals surface area contributed by atoms with Crippen LogP contribution in [0.25, 0.3) is 0 Å². The first-order valence-electron chi connectivity index (χ1n) is 10.3. The highest BCUT2D eigenvalue weighted by Crippen LogP contribution is 2.28. The number of rotatable bonds is 6. The smallest absolute Gasteiger partial charge is 0.256 e. The Bertz CT molecular complexity index is 967. The van der Waals surface area contributed by atoms with Gasteiger partial charge >= 0.3 is 0 Å². The molecule has 0 unspecified atom stereocenters. The normalized spacial score (nSPS) is 18.4. The van der Waals surface area contributed by atoms with E-state index in [1.54, 1.807) is 42.5 Å². The van der Waals surface area contributed by atoms with Gasteiger partial charge < -0.3 is 21.3 Å². The molecule has 3 amide bonds. The molecule has 0 aliphatic carbocycles. The number of nitrogens with one attached hydrogen (secondary N) is 2. The molecule has 2 aromatic rings. The molecule has 164 valence electrons. The molecule has 0 bridgehead atoms. The lowest BCUT2D eigenvalue weighted by Gasteiger charge is -2.39. The molecule has 3 rings (SSSR count). The van der Waals surface area contributed by atoms with E-state index in [1.807, 2.05) is 4.90 Å². The number of carbonyl (C=O) groups is 3. The Morgan fingerprint density at radius 2 is 1.71 bits per heavy atom. The number of hydrogen-bond acceptors (Lipinski definition) is 4. The largest absolute Gasteiger partial charge is 0.375 e. The number of hydrogen-bond donors (Lipinski definition) is 3. The van der Waals surface area contributed by atoms with E-state index < -0.39 is 5.91 Å². The number of likely N-dealkylation sites (tertiary alicyclic amines) is 1. The van der Waals surface area contributed by atoms with Crippen molar-refractivity contribution in [1.29, 1.82) is 0 Å². The maximum atomic E-state index is 13.3. The molecule has 1 aliphatic rings. The SMILES string of the molecule is C[C@@H]1CCC[C@H](C)N1C(=O)c1cc(Cl)ccc1NCC(=O)Nc1ccc(C(N)=O)cc1. The monoisotopic (exact) mass is 442 g/mol. The molecule has 2 aromatic carbocycles. The van der Waals surface area contributed by atoms with Gasteiger partial charge in [0, 0.05) is 34.0 Å². The molecule has 4 N–H and O–H groups in total. The van der Waals surface area contributed by atoms with Crippen molar-refractivity contribution < 1.29 is 14.4 Å². The van der Waals surface area contributed by atoms with Gasteiger partial charge in [0.05, 0.1) is 12.1 Å². The van der Waals surface area contributed by atoms with Crippen LogP contribution in [0.3, 0.4) is 0 Å². The number of nitrogens with zero attached hydrogens (tertiary/aromatic N) is 1. The average Bonchev–Trinajstić information content (AvgIpc) is 2.73. The third kappa shape index (κ3) is 5.55. The molecule has 1 saturated heterocycles. The van der Waals surface area contributed by atoms with Crippen LogP contribution in [0.2, 0.25) is 5.02 Å². The topological polar surface area (TPSA) is 105 Å². The maximum Gasteiger partial charge on any atom is 0.256 e.